The van der Waals surface area contributed by atoms with Gasteiger partial charge in [0, 0.05) is 18.1 Å². The van der Waals surface area contributed by atoms with Crippen LogP contribution in [0.1, 0.15) is 18.1 Å². The van der Waals surface area contributed by atoms with Crippen LogP contribution in [0.5, 0.6) is 0 Å². The highest BCUT2D eigenvalue weighted by Crippen LogP contribution is 2.18. The fourth-order valence-electron chi connectivity index (χ4n) is 1.99. The summed E-state index contributed by atoms with van der Waals surface area (Å²) >= 11 is 6.20. The van der Waals surface area contributed by atoms with Crippen LogP contribution in [0.15, 0.2) is 54.6 Å². The van der Waals surface area contributed by atoms with E-state index in [0.717, 1.165) is 24.7 Å². The van der Waals surface area contributed by atoms with E-state index in [2.05, 4.69) is 42.2 Å². The highest BCUT2D eigenvalue weighted by molar-refractivity contribution is 6.31. The largest absolute Gasteiger partial charge is 0.295 e. The Bertz CT molecular complexity index is 481. The molecule has 0 atom stereocenters. The highest BCUT2D eigenvalue weighted by Gasteiger charge is 2.06. The van der Waals surface area contributed by atoms with E-state index in [-0.39, 0.29) is 0 Å². The maximum atomic E-state index is 6.20. The van der Waals surface area contributed by atoms with Gasteiger partial charge in [-0.25, -0.2) is 0 Å². The van der Waals surface area contributed by atoms with Crippen LogP contribution < -0.4 is 0 Å². The van der Waals surface area contributed by atoms with Crippen LogP contribution in [0.25, 0.3) is 0 Å². The maximum Gasteiger partial charge on any atom is 0.0451 e. The van der Waals surface area contributed by atoms with E-state index in [1.165, 1.54) is 11.1 Å². The minimum Gasteiger partial charge on any atom is -0.295 e. The lowest BCUT2D eigenvalue weighted by atomic mass is 10.1. The molecule has 0 saturated heterocycles. The second-order valence-corrected chi connectivity index (χ2v) is 4.79. The van der Waals surface area contributed by atoms with Crippen molar-refractivity contribution >= 4 is 11.6 Å². The molecule has 0 aliphatic rings. The van der Waals surface area contributed by atoms with Crippen molar-refractivity contribution in [2.75, 3.05) is 6.54 Å². The molecule has 2 aromatic rings. The molecule has 2 rings (SSSR count). The monoisotopic (exact) mass is 259 g/mol. The first kappa shape index (κ1) is 13.1. The van der Waals surface area contributed by atoms with E-state index < -0.39 is 0 Å². The third-order valence-electron chi connectivity index (χ3n) is 3.05. The number of benzene rings is 2. The predicted molar refractivity (Wildman–Crippen MR) is 77.7 cm³/mol. The van der Waals surface area contributed by atoms with Crippen LogP contribution >= 0.6 is 11.6 Å². The molecule has 0 spiro atoms. The molecule has 0 N–H and O–H groups in total. The average Bonchev–Trinajstić information content (AvgIpc) is 2.41. The molecule has 0 aliphatic carbocycles. The van der Waals surface area contributed by atoms with E-state index >= 15 is 0 Å². The molecule has 0 bridgehead atoms. The number of hydrogen-bond acceptors (Lipinski definition) is 1. The summed E-state index contributed by atoms with van der Waals surface area (Å²) in [5.74, 6) is 0. The first-order chi connectivity index (χ1) is 8.79. The molecule has 0 aromatic heterocycles. The molecule has 94 valence electrons. The first-order valence-electron chi connectivity index (χ1n) is 6.29. The first-order valence-corrected chi connectivity index (χ1v) is 6.67. The third kappa shape index (κ3) is 3.59. The number of nitrogens with zero attached hydrogens (tertiary/aromatic N) is 1. The molecule has 0 saturated carbocycles. The molecule has 0 unspecified atom stereocenters. The van der Waals surface area contributed by atoms with E-state index in [1.54, 1.807) is 0 Å². The number of halogens is 1. The molecule has 0 heterocycles. The Labute approximate surface area is 114 Å². The Kier molecular flexibility index (Phi) is 4.80. The van der Waals surface area contributed by atoms with Crippen molar-refractivity contribution in [2.45, 2.75) is 20.0 Å². The van der Waals surface area contributed by atoms with Crippen LogP contribution in [0.2, 0.25) is 5.02 Å². The summed E-state index contributed by atoms with van der Waals surface area (Å²) in [6.45, 7) is 5.05. The van der Waals surface area contributed by atoms with Gasteiger partial charge in [-0.15, -0.1) is 0 Å². The standard InChI is InChI=1S/C16H18ClN/c1-2-18(12-14-8-4-3-5-9-14)13-15-10-6-7-11-16(15)17/h3-11H,2,12-13H2,1H3. The normalized spacial score (nSPS) is 10.8. The van der Waals surface area contributed by atoms with Crippen molar-refractivity contribution < 1.29 is 0 Å². The zero-order valence-electron chi connectivity index (χ0n) is 10.6. The molecule has 18 heavy (non-hydrogen) atoms. The molecule has 2 heteroatoms. The summed E-state index contributed by atoms with van der Waals surface area (Å²) < 4.78 is 0. The van der Waals surface area contributed by atoms with Gasteiger partial charge >= 0.3 is 0 Å². The Morgan fingerprint density at radius 1 is 0.889 bits per heavy atom. The average molecular weight is 260 g/mol. The van der Waals surface area contributed by atoms with Crippen LogP contribution in [-0.2, 0) is 13.1 Å². The zero-order valence-corrected chi connectivity index (χ0v) is 11.4. The second-order valence-electron chi connectivity index (χ2n) is 4.38. The molecule has 0 aliphatic heterocycles. The lowest BCUT2D eigenvalue weighted by Crippen LogP contribution is -2.22. The van der Waals surface area contributed by atoms with Gasteiger partial charge in [-0.05, 0) is 23.7 Å². The summed E-state index contributed by atoms with van der Waals surface area (Å²) in [5, 5.41) is 0.851. The van der Waals surface area contributed by atoms with Gasteiger partial charge in [0.25, 0.3) is 0 Å². The van der Waals surface area contributed by atoms with Crippen LogP contribution in [0, 0.1) is 0 Å². The summed E-state index contributed by atoms with van der Waals surface area (Å²) in [7, 11) is 0. The fraction of sp³-hybridized carbons (Fsp3) is 0.250. The van der Waals surface area contributed by atoms with E-state index in [9.17, 15) is 0 Å². The van der Waals surface area contributed by atoms with Gasteiger partial charge in [-0.3, -0.25) is 4.90 Å². The lowest BCUT2D eigenvalue weighted by molar-refractivity contribution is 0.271. The Balaban J connectivity index is 2.04. The molecule has 2 aromatic carbocycles. The van der Waals surface area contributed by atoms with Gasteiger partial charge < -0.3 is 0 Å². The van der Waals surface area contributed by atoms with Crippen LogP contribution in [0.4, 0.5) is 0 Å². The van der Waals surface area contributed by atoms with Crippen molar-refractivity contribution in [3.8, 4) is 0 Å². The molecule has 0 fully saturated rings. The second kappa shape index (κ2) is 6.58. The summed E-state index contributed by atoms with van der Waals surface area (Å²) in [4.78, 5) is 2.39. The molecule has 1 nitrogen and oxygen atoms in total. The minimum absolute atomic E-state index is 0.851. The predicted octanol–water partition coefficient (Wildman–Crippen LogP) is 4.36. The Morgan fingerprint density at radius 2 is 1.56 bits per heavy atom. The van der Waals surface area contributed by atoms with E-state index in [4.69, 9.17) is 11.6 Å². The van der Waals surface area contributed by atoms with Crippen molar-refractivity contribution in [3.05, 3.63) is 70.7 Å². The quantitative estimate of drug-likeness (QED) is 0.771. The number of rotatable bonds is 5. The van der Waals surface area contributed by atoms with Gasteiger partial charge in [0.1, 0.15) is 0 Å². The summed E-state index contributed by atoms with van der Waals surface area (Å²) in [6.07, 6.45) is 0. The smallest absolute Gasteiger partial charge is 0.0451 e. The maximum absolute atomic E-state index is 6.20. The highest BCUT2D eigenvalue weighted by atomic mass is 35.5. The van der Waals surface area contributed by atoms with Crippen LogP contribution in [-0.4, -0.2) is 11.4 Å². The Hall–Kier alpha value is -1.31. The van der Waals surface area contributed by atoms with Crippen molar-refractivity contribution in [1.29, 1.82) is 0 Å². The lowest BCUT2D eigenvalue weighted by Gasteiger charge is -2.21. The van der Waals surface area contributed by atoms with E-state index in [1.807, 2.05) is 24.3 Å². The third-order valence-corrected chi connectivity index (χ3v) is 3.42. The van der Waals surface area contributed by atoms with Gasteiger partial charge in [-0.2, -0.15) is 0 Å². The SMILES string of the molecule is CCN(Cc1ccccc1)Cc1ccccc1Cl. The molecule has 0 amide bonds. The molecule has 0 radical (unpaired) electrons. The van der Waals surface area contributed by atoms with Crippen LogP contribution in [0.3, 0.4) is 0 Å². The van der Waals surface area contributed by atoms with Gasteiger partial charge in [0.15, 0.2) is 0 Å². The Morgan fingerprint density at radius 3 is 2.22 bits per heavy atom. The van der Waals surface area contributed by atoms with Crippen molar-refractivity contribution in [3.63, 3.8) is 0 Å². The summed E-state index contributed by atoms with van der Waals surface area (Å²) in [5.41, 5.74) is 2.53. The molecular formula is C16H18ClN. The van der Waals surface area contributed by atoms with Crippen molar-refractivity contribution in [2.24, 2.45) is 0 Å². The van der Waals surface area contributed by atoms with Gasteiger partial charge in [0.05, 0.1) is 0 Å². The summed E-state index contributed by atoms with van der Waals surface area (Å²) in [6, 6.07) is 18.6. The van der Waals surface area contributed by atoms with Gasteiger partial charge in [0.2, 0.25) is 0 Å². The molecular weight excluding hydrogens is 242 g/mol. The topological polar surface area (TPSA) is 3.24 Å². The number of hydrogen-bond donors (Lipinski definition) is 0. The zero-order chi connectivity index (χ0) is 12.8. The van der Waals surface area contributed by atoms with Gasteiger partial charge in [-0.1, -0.05) is 67.1 Å². The minimum atomic E-state index is 0.851. The van der Waals surface area contributed by atoms with Crippen molar-refractivity contribution in [1.82, 2.24) is 4.90 Å². The van der Waals surface area contributed by atoms with E-state index in [0.29, 0.717) is 0 Å². The fourth-order valence-corrected chi connectivity index (χ4v) is 2.18.